The van der Waals surface area contributed by atoms with Gasteiger partial charge in [0.1, 0.15) is 0 Å². The van der Waals surface area contributed by atoms with E-state index >= 15 is 0 Å². The number of nitrogens with zero attached hydrogens (tertiary/aromatic N) is 2. The Balaban J connectivity index is 1.99. The van der Waals surface area contributed by atoms with E-state index in [4.69, 9.17) is 0 Å². The topological polar surface area (TPSA) is 45.2 Å². The zero-order valence-corrected chi connectivity index (χ0v) is 9.31. The summed E-state index contributed by atoms with van der Waals surface area (Å²) in [6, 6.07) is 3.57. The van der Waals surface area contributed by atoms with E-state index in [9.17, 15) is 4.79 Å². The Morgan fingerprint density at radius 3 is 2.81 bits per heavy atom. The van der Waals surface area contributed by atoms with Crippen LogP contribution in [-0.2, 0) is 4.79 Å². The van der Waals surface area contributed by atoms with E-state index in [2.05, 4.69) is 15.2 Å². The first-order valence-corrected chi connectivity index (χ1v) is 5.34. The SMILES string of the molecule is CN1CC=C(C(=O)Nc2ccncc2)CC1. The van der Waals surface area contributed by atoms with E-state index in [1.54, 1.807) is 24.5 Å². The molecule has 1 N–H and O–H groups in total. The fourth-order valence-electron chi connectivity index (χ4n) is 1.62. The molecule has 1 aromatic heterocycles. The third-order valence-electron chi connectivity index (χ3n) is 2.64. The first-order valence-electron chi connectivity index (χ1n) is 5.34. The second-order valence-electron chi connectivity index (χ2n) is 3.93. The van der Waals surface area contributed by atoms with E-state index in [0.717, 1.165) is 30.8 Å². The van der Waals surface area contributed by atoms with Crippen LogP contribution in [0.3, 0.4) is 0 Å². The number of likely N-dealkylation sites (N-methyl/N-ethyl adjacent to an activating group) is 1. The molecular weight excluding hydrogens is 202 g/mol. The van der Waals surface area contributed by atoms with Gasteiger partial charge in [-0.25, -0.2) is 0 Å². The third-order valence-corrected chi connectivity index (χ3v) is 2.64. The fourth-order valence-corrected chi connectivity index (χ4v) is 1.62. The molecule has 1 aromatic rings. The van der Waals surface area contributed by atoms with Gasteiger partial charge in [0.25, 0.3) is 5.91 Å². The maximum atomic E-state index is 11.9. The highest BCUT2D eigenvalue weighted by Crippen LogP contribution is 2.12. The highest BCUT2D eigenvalue weighted by molar-refractivity contribution is 6.03. The zero-order valence-electron chi connectivity index (χ0n) is 9.31. The number of carbonyl (C=O) groups excluding carboxylic acids is 1. The van der Waals surface area contributed by atoms with E-state index < -0.39 is 0 Å². The van der Waals surface area contributed by atoms with Crippen LogP contribution in [0.4, 0.5) is 5.69 Å². The average molecular weight is 217 g/mol. The summed E-state index contributed by atoms with van der Waals surface area (Å²) in [4.78, 5) is 17.9. The van der Waals surface area contributed by atoms with Crippen molar-refractivity contribution in [1.82, 2.24) is 9.88 Å². The molecule has 0 saturated carbocycles. The van der Waals surface area contributed by atoms with Crippen LogP contribution in [0.25, 0.3) is 0 Å². The van der Waals surface area contributed by atoms with Crippen molar-refractivity contribution in [2.75, 3.05) is 25.5 Å². The number of aromatic nitrogens is 1. The number of rotatable bonds is 2. The van der Waals surface area contributed by atoms with E-state index in [0.29, 0.717) is 0 Å². The van der Waals surface area contributed by atoms with Gasteiger partial charge in [-0.1, -0.05) is 6.08 Å². The average Bonchev–Trinajstić information content (AvgIpc) is 2.31. The number of pyridine rings is 1. The van der Waals surface area contributed by atoms with Gasteiger partial charge in [-0.3, -0.25) is 9.78 Å². The van der Waals surface area contributed by atoms with Crippen LogP contribution in [0.15, 0.2) is 36.2 Å². The van der Waals surface area contributed by atoms with Crippen molar-refractivity contribution in [3.63, 3.8) is 0 Å². The summed E-state index contributed by atoms with van der Waals surface area (Å²) in [7, 11) is 2.05. The molecule has 1 aliphatic heterocycles. The molecule has 0 fully saturated rings. The minimum absolute atomic E-state index is 0.000648. The summed E-state index contributed by atoms with van der Waals surface area (Å²) in [6.07, 6.45) is 6.13. The van der Waals surface area contributed by atoms with Crippen LogP contribution < -0.4 is 5.32 Å². The monoisotopic (exact) mass is 217 g/mol. The highest BCUT2D eigenvalue weighted by atomic mass is 16.1. The van der Waals surface area contributed by atoms with Crippen molar-refractivity contribution in [3.05, 3.63) is 36.2 Å². The van der Waals surface area contributed by atoms with Crippen LogP contribution in [0.1, 0.15) is 6.42 Å². The lowest BCUT2D eigenvalue weighted by molar-refractivity contribution is -0.113. The molecule has 2 rings (SSSR count). The molecule has 0 aliphatic carbocycles. The van der Waals surface area contributed by atoms with Crippen molar-refractivity contribution in [1.29, 1.82) is 0 Å². The van der Waals surface area contributed by atoms with Gasteiger partial charge in [0.2, 0.25) is 0 Å². The van der Waals surface area contributed by atoms with Crippen molar-refractivity contribution < 1.29 is 4.79 Å². The van der Waals surface area contributed by atoms with Gasteiger partial charge in [-0.2, -0.15) is 0 Å². The summed E-state index contributed by atoms with van der Waals surface area (Å²) in [6.45, 7) is 1.79. The Bertz CT molecular complexity index is 400. The molecule has 0 bridgehead atoms. The quantitative estimate of drug-likeness (QED) is 0.811. The summed E-state index contributed by atoms with van der Waals surface area (Å²) < 4.78 is 0. The molecule has 4 nitrogen and oxygen atoms in total. The molecule has 4 heteroatoms. The Kier molecular flexibility index (Phi) is 3.31. The maximum absolute atomic E-state index is 11.9. The standard InChI is InChI=1S/C12H15N3O/c1-15-8-4-10(5-9-15)12(16)14-11-2-6-13-7-3-11/h2-4,6-7H,5,8-9H2,1H3,(H,13,14,16). The van der Waals surface area contributed by atoms with Crippen molar-refractivity contribution in [2.24, 2.45) is 0 Å². The van der Waals surface area contributed by atoms with Crippen LogP contribution in [0.2, 0.25) is 0 Å². The fraction of sp³-hybridized carbons (Fsp3) is 0.333. The molecule has 1 aliphatic rings. The van der Waals surface area contributed by atoms with Crippen LogP contribution >= 0.6 is 0 Å². The van der Waals surface area contributed by atoms with E-state index in [1.165, 1.54) is 0 Å². The van der Waals surface area contributed by atoms with Crippen molar-refractivity contribution in [3.8, 4) is 0 Å². The summed E-state index contributed by atoms with van der Waals surface area (Å²) in [5.41, 5.74) is 1.66. The molecule has 84 valence electrons. The molecule has 0 spiro atoms. The predicted octanol–water partition coefficient (Wildman–Crippen LogP) is 1.28. The predicted molar refractivity (Wildman–Crippen MR) is 63.1 cm³/mol. The van der Waals surface area contributed by atoms with Crippen LogP contribution in [0, 0.1) is 0 Å². The zero-order chi connectivity index (χ0) is 11.4. The number of amides is 1. The van der Waals surface area contributed by atoms with Crippen molar-refractivity contribution >= 4 is 11.6 Å². The Morgan fingerprint density at radius 2 is 2.19 bits per heavy atom. The number of nitrogens with one attached hydrogen (secondary N) is 1. The van der Waals surface area contributed by atoms with Gasteiger partial charge >= 0.3 is 0 Å². The van der Waals surface area contributed by atoms with E-state index in [-0.39, 0.29) is 5.91 Å². The maximum Gasteiger partial charge on any atom is 0.251 e. The number of carbonyl (C=O) groups is 1. The number of hydrogen-bond donors (Lipinski definition) is 1. The first-order chi connectivity index (χ1) is 7.75. The minimum Gasteiger partial charge on any atom is -0.322 e. The number of hydrogen-bond acceptors (Lipinski definition) is 3. The van der Waals surface area contributed by atoms with Crippen LogP contribution in [0.5, 0.6) is 0 Å². The lowest BCUT2D eigenvalue weighted by Crippen LogP contribution is -2.28. The second-order valence-corrected chi connectivity index (χ2v) is 3.93. The summed E-state index contributed by atoms with van der Waals surface area (Å²) in [5, 5.41) is 2.86. The lowest BCUT2D eigenvalue weighted by atomic mass is 10.1. The molecule has 0 saturated heterocycles. The Labute approximate surface area is 95.0 Å². The summed E-state index contributed by atoms with van der Waals surface area (Å²) in [5.74, 6) is -0.000648. The second kappa shape index (κ2) is 4.90. The minimum atomic E-state index is -0.000648. The lowest BCUT2D eigenvalue weighted by Gasteiger charge is -2.21. The Hall–Kier alpha value is -1.68. The number of anilines is 1. The van der Waals surface area contributed by atoms with Gasteiger partial charge in [0.05, 0.1) is 0 Å². The molecule has 0 atom stereocenters. The molecular formula is C12H15N3O. The molecule has 0 radical (unpaired) electrons. The third kappa shape index (κ3) is 2.67. The smallest absolute Gasteiger partial charge is 0.251 e. The van der Waals surface area contributed by atoms with Gasteiger partial charge in [-0.15, -0.1) is 0 Å². The molecule has 0 aromatic carbocycles. The molecule has 1 amide bonds. The van der Waals surface area contributed by atoms with Gasteiger partial charge < -0.3 is 10.2 Å². The summed E-state index contributed by atoms with van der Waals surface area (Å²) >= 11 is 0. The molecule has 16 heavy (non-hydrogen) atoms. The largest absolute Gasteiger partial charge is 0.322 e. The molecule has 0 unspecified atom stereocenters. The van der Waals surface area contributed by atoms with Crippen molar-refractivity contribution in [2.45, 2.75) is 6.42 Å². The Morgan fingerprint density at radius 1 is 1.44 bits per heavy atom. The van der Waals surface area contributed by atoms with Gasteiger partial charge in [-0.05, 0) is 25.6 Å². The van der Waals surface area contributed by atoms with Gasteiger partial charge in [0.15, 0.2) is 0 Å². The first kappa shape index (κ1) is 10.8. The van der Waals surface area contributed by atoms with Gasteiger partial charge in [0, 0.05) is 36.7 Å². The van der Waals surface area contributed by atoms with E-state index in [1.807, 2.05) is 13.1 Å². The van der Waals surface area contributed by atoms with Crippen LogP contribution in [-0.4, -0.2) is 35.9 Å². The highest BCUT2D eigenvalue weighted by Gasteiger charge is 2.14. The normalized spacial score (nSPS) is 16.7. The molecule has 2 heterocycles.